The summed E-state index contributed by atoms with van der Waals surface area (Å²) in [5, 5.41) is 2.37. The zero-order chi connectivity index (χ0) is 45.9. The standard InChI is InChI=1S/C61H66N4O/c1-39(2)44-33-53(40(3)4)60(54(34-44)41(5)6)45-31-48(64-38-63(56-24-15-16-25-57(56)64)47-21-17-20-43(30-47)42-18-11-10-12-19-42)36-50(32-45)66-49-26-27-52-51-22-13-14-23-55(51)65(58(52)37-49)59-35-46(28-29-62-59)61(7,8)9/h13-17,20-37,39-42H,10-12,18-19,38H2,1-9H3. The Morgan fingerprint density at radius 3 is 1.95 bits per heavy atom. The van der Waals surface area contributed by atoms with Gasteiger partial charge in [0, 0.05) is 40.5 Å². The van der Waals surface area contributed by atoms with E-state index in [1.807, 2.05) is 6.20 Å². The number of fused-ring (bicyclic) bond motifs is 4. The molecule has 3 heterocycles. The van der Waals surface area contributed by atoms with E-state index in [1.165, 1.54) is 98.9 Å². The predicted octanol–water partition coefficient (Wildman–Crippen LogP) is 17.6. The maximum atomic E-state index is 7.18. The zero-order valence-electron chi connectivity index (χ0n) is 40.5. The summed E-state index contributed by atoms with van der Waals surface area (Å²) in [5.41, 5.74) is 16.3. The summed E-state index contributed by atoms with van der Waals surface area (Å²) in [6.07, 6.45) is 8.53. The van der Waals surface area contributed by atoms with E-state index < -0.39 is 0 Å². The Labute approximate surface area is 393 Å². The quantitative estimate of drug-likeness (QED) is 0.137. The lowest BCUT2D eigenvalue weighted by atomic mass is 9.81. The van der Waals surface area contributed by atoms with E-state index in [4.69, 9.17) is 9.72 Å². The number of hydrogen-bond acceptors (Lipinski definition) is 4. The minimum Gasteiger partial charge on any atom is -0.457 e. The van der Waals surface area contributed by atoms with Crippen LogP contribution in [-0.2, 0) is 5.41 Å². The number of anilines is 4. The highest BCUT2D eigenvalue weighted by molar-refractivity contribution is 6.09. The fourth-order valence-corrected chi connectivity index (χ4v) is 10.7. The maximum absolute atomic E-state index is 7.18. The molecule has 0 spiro atoms. The fourth-order valence-electron chi connectivity index (χ4n) is 10.7. The summed E-state index contributed by atoms with van der Waals surface area (Å²) < 4.78 is 9.48. The summed E-state index contributed by atoms with van der Waals surface area (Å²) in [4.78, 5) is 9.95. The van der Waals surface area contributed by atoms with Crippen molar-refractivity contribution in [3.05, 3.63) is 167 Å². The molecule has 5 heteroatoms. The number of nitrogens with zero attached hydrogens (tertiary/aromatic N) is 4. The van der Waals surface area contributed by atoms with E-state index in [0.717, 1.165) is 34.0 Å². The molecule has 0 N–H and O–H groups in total. The third kappa shape index (κ3) is 8.16. The van der Waals surface area contributed by atoms with Gasteiger partial charge in [0.05, 0.1) is 22.4 Å². The molecule has 0 saturated heterocycles. The largest absolute Gasteiger partial charge is 0.457 e. The van der Waals surface area contributed by atoms with Crippen LogP contribution in [0.15, 0.2) is 140 Å². The maximum Gasteiger partial charge on any atom is 0.137 e. The van der Waals surface area contributed by atoms with Gasteiger partial charge in [0.2, 0.25) is 0 Å². The Morgan fingerprint density at radius 1 is 0.576 bits per heavy atom. The topological polar surface area (TPSA) is 33.5 Å². The molecule has 66 heavy (non-hydrogen) atoms. The van der Waals surface area contributed by atoms with Crippen LogP contribution < -0.4 is 14.5 Å². The van der Waals surface area contributed by atoms with E-state index in [0.29, 0.717) is 30.3 Å². The van der Waals surface area contributed by atoms with Gasteiger partial charge in [-0.3, -0.25) is 4.57 Å². The summed E-state index contributed by atoms with van der Waals surface area (Å²) in [7, 11) is 0. The summed E-state index contributed by atoms with van der Waals surface area (Å²) in [5.74, 6) is 4.24. The number of ether oxygens (including phenoxy) is 1. The van der Waals surface area contributed by atoms with Crippen molar-refractivity contribution >= 4 is 44.6 Å². The van der Waals surface area contributed by atoms with Crippen LogP contribution >= 0.6 is 0 Å². The zero-order valence-corrected chi connectivity index (χ0v) is 40.5. The molecule has 2 aromatic heterocycles. The minimum absolute atomic E-state index is 0.0146. The van der Waals surface area contributed by atoms with Crippen LogP contribution in [-0.4, -0.2) is 16.2 Å². The van der Waals surface area contributed by atoms with E-state index >= 15 is 0 Å². The molecule has 6 aromatic carbocycles. The molecule has 8 aromatic rings. The number of benzene rings is 6. The van der Waals surface area contributed by atoms with Crippen LogP contribution in [0.1, 0.15) is 146 Å². The van der Waals surface area contributed by atoms with Gasteiger partial charge < -0.3 is 14.5 Å². The molecule has 1 saturated carbocycles. The number of para-hydroxylation sites is 3. The van der Waals surface area contributed by atoms with Crippen LogP contribution in [0.3, 0.4) is 0 Å². The van der Waals surface area contributed by atoms with E-state index in [2.05, 4.69) is 210 Å². The normalized spacial score (nSPS) is 14.7. The second kappa shape index (κ2) is 17.5. The number of rotatable bonds is 10. The van der Waals surface area contributed by atoms with Crippen molar-refractivity contribution < 1.29 is 4.74 Å². The van der Waals surface area contributed by atoms with E-state index in [-0.39, 0.29) is 5.41 Å². The highest BCUT2D eigenvalue weighted by Gasteiger charge is 2.30. The molecule has 0 bridgehead atoms. The Balaban J connectivity index is 1.13. The van der Waals surface area contributed by atoms with Gasteiger partial charge in [-0.15, -0.1) is 0 Å². The third-order valence-corrected chi connectivity index (χ3v) is 14.4. The number of hydrogen-bond donors (Lipinski definition) is 0. The second-order valence-corrected chi connectivity index (χ2v) is 21.0. The molecule has 1 fully saturated rings. The van der Waals surface area contributed by atoms with Crippen molar-refractivity contribution in [3.63, 3.8) is 0 Å². The van der Waals surface area contributed by atoms with Gasteiger partial charge in [0.1, 0.15) is 24.0 Å². The lowest BCUT2D eigenvalue weighted by molar-refractivity contribution is 0.443. The van der Waals surface area contributed by atoms with Crippen LogP contribution in [0.5, 0.6) is 11.5 Å². The first-order valence-corrected chi connectivity index (χ1v) is 24.6. The van der Waals surface area contributed by atoms with Crippen molar-refractivity contribution in [1.82, 2.24) is 9.55 Å². The molecular weight excluding hydrogens is 805 g/mol. The Hall–Kier alpha value is -6.33. The number of aromatic nitrogens is 2. The predicted molar refractivity (Wildman–Crippen MR) is 279 cm³/mol. The van der Waals surface area contributed by atoms with Crippen molar-refractivity contribution in [2.45, 2.75) is 124 Å². The highest BCUT2D eigenvalue weighted by Crippen LogP contribution is 2.49. The fraction of sp³-hybridized carbons (Fsp3) is 0.328. The third-order valence-electron chi connectivity index (χ3n) is 14.4. The molecule has 1 aliphatic carbocycles. The van der Waals surface area contributed by atoms with Crippen LogP contribution in [0.25, 0.3) is 38.8 Å². The second-order valence-electron chi connectivity index (χ2n) is 21.0. The molecule has 2 aliphatic rings. The summed E-state index contributed by atoms with van der Waals surface area (Å²) >= 11 is 0. The van der Waals surface area contributed by atoms with Gasteiger partial charge in [0.25, 0.3) is 0 Å². The molecule has 336 valence electrons. The van der Waals surface area contributed by atoms with Gasteiger partial charge in [-0.2, -0.15) is 0 Å². The Bertz CT molecular complexity index is 3040. The average Bonchev–Trinajstić information content (AvgIpc) is 3.87. The van der Waals surface area contributed by atoms with Gasteiger partial charge in [-0.1, -0.05) is 136 Å². The first kappa shape index (κ1) is 43.6. The smallest absolute Gasteiger partial charge is 0.137 e. The lowest BCUT2D eigenvalue weighted by Crippen LogP contribution is -2.24. The van der Waals surface area contributed by atoms with Gasteiger partial charge in [0.15, 0.2) is 0 Å². The molecule has 0 atom stereocenters. The monoisotopic (exact) mass is 871 g/mol. The summed E-state index contributed by atoms with van der Waals surface area (Å²) in [6, 6.07) is 49.8. The van der Waals surface area contributed by atoms with Crippen LogP contribution in [0.2, 0.25) is 0 Å². The first-order chi connectivity index (χ1) is 31.8. The molecule has 10 rings (SSSR count). The number of pyridine rings is 1. The van der Waals surface area contributed by atoms with Crippen molar-refractivity contribution in [2.75, 3.05) is 16.5 Å². The van der Waals surface area contributed by atoms with Gasteiger partial charge in [-0.25, -0.2) is 4.98 Å². The molecule has 0 radical (unpaired) electrons. The Kier molecular flexibility index (Phi) is 11.5. The van der Waals surface area contributed by atoms with Gasteiger partial charge in [-0.05, 0) is 148 Å². The highest BCUT2D eigenvalue weighted by atomic mass is 16.5. The molecule has 0 amide bonds. The van der Waals surface area contributed by atoms with Crippen molar-refractivity contribution in [1.29, 1.82) is 0 Å². The van der Waals surface area contributed by atoms with Crippen molar-refractivity contribution in [3.8, 4) is 28.4 Å². The SMILES string of the molecule is CC(C)c1cc(C(C)C)c(-c2cc(Oc3ccc4c5ccccc5n(-c5cc(C(C)(C)C)ccn5)c4c3)cc(N3CN(c4cccc(C5CCCCC5)c4)c4ccccc43)c2)c(C(C)C)c1. The van der Waals surface area contributed by atoms with E-state index in [9.17, 15) is 0 Å². The molecule has 0 unspecified atom stereocenters. The lowest BCUT2D eigenvalue weighted by Gasteiger charge is -2.27. The molecular formula is C61H66N4O. The average molecular weight is 871 g/mol. The molecule has 5 nitrogen and oxygen atoms in total. The van der Waals surface area contributed by atoms with Crippen LogP contribution in [0.4, 0.5) is 22.7 Å². The summed E-state index contributed by atoms with van der Waals surface area (Å²) in [6.45, 7) is 21.4. The first-order valence-electron chi connectivity index (χ1n) is 24.6. The Morgan fingerprint density at radius 2 is 1.26 bits per heavy atom. The molecule has 1 aliphatic heterocycles. The van der Waals surface area contributed by atoms with Crippen molar-refractivity contribution in [2.24, 2.45) is 0 Å². The minimum atomic E-state index is -0.0146. The van der Waals surface area contributed by atoms with Gasteiger partial charge >= 0.3 is 0 Å². The van der Waals surface area contributed by atoms with E-state index in [1.54, 1.807) is 0 Å². The van der Waals surface area contributed by atoms with Crippen LogP contribution in [0, 0.1) is 0 Å².